The molecule has 0 aromatic carbocycles. The third-order valence-electron chi connectivity index (χ3n) is 9.69. The monoisotopic (exact) mass is 824 g/mol. The average molecular weight is 824 g/mol. The largest absolute Gasteiger partial charge is 0.472 e. The van der Waals surface area contributed by atoms with Crippen LogP contribution in [0.2, 0.25) is 0 Å². The molecule has 0 aliphatic carbocycles. The Labute approximate surface area is 349 Å². The number of phosphoric acid groups is 1. The second-order valence-electron chi connectivity index (χ2n) is 15.3. The lowest BCUT2D eigenvalue weighted by atomic mass is 10.1. The molecule has 0 aromatic rings. The van der Waals surface area contributed by atoms with E-state index in [0.717, 1.165) is 89.9 Å². The predicted molar refractivity (Wildman–Crippen MR) is 238 cm³/mol. The zero-order chi connectivity index (χ0) is 41.8. The molecule has 9 nitrogen and oxygen atoms in total. The molecule has 3 N–H and O–H groups in total. The summed E-state index contributed by atoms with van der Waals surface area (Å²) in [6.45, 7) is 3.70. The van der Waals surface area contributed by atoms with Gasteiger partial charge in [0, 0.05) is 19.4 Å². The number of unbranched alkanes of at least 4 members (excludes halogenated alkanes) is 22. The number of carbonyl (C=O) groups is 2. The molecule has 0 saturated heterocycles. The van der Waals surface area contributed by atoms with Gasteiger partial charge in [0.05, 0.1) is 13.2 Å². The Bertz CT molecular complexity index is 1080. The van der Waals surface area contributed by atoms with Crippen molar-refractivity contribution in [2.24, 2.45) is 5.73 Å². The van der Waals surface area contributed by atoms with Crippen LogP contribution in [-0.4, -0.2) is 49.3 Å². The Hall–Kier alpha value is -2.03. The SMILES string of the molecule is CCCCCCC/C=C\C/C=C\C/C=C\CCCCCCCCC(=O)OC(COC(=O)CCCCCCC/C=C\CCCCCCCC)COP(=O)(O)OCCN. The number of phosphoric ester groups is 1. The molecular weight excluding hydrogens is 737 g/mol. The van der Waals surface area contributed by atoms with Crippen LogP contribution >= 0.6 is 7.82 Å². The van der Waals surface area contributed by atoms with Gasteiger partial charge in [-0.25, -0.2) is 4.57 Å². The first kappa shape index (κ1) is 55.0. The lowest BCUT2D eigenvalue weighted by molar-refractivity contribution is -0.161. The van der Waals surface area contributed by atoms with E-state index < -0.39 is 32.5 Å². The highest BCUT2D eigenvalue weighted by atomic mass is 31.2. The molecule has 0 heterocycles. The minimum atomic E-state index is -4.38. The van der Waals surface area contributed by atoms with E-state index in [0.29, 0.717) is 6.42 Å². The van der Waals surface area contributed by atoms with Crippen molar-refractivity contribution in [3.05, 3.63) is 48.6 Å². The summed E-state index contributed by atoms with van der Waals surface area (Å²) in [6, 6.07) is 0. The van der Waals surface area contributed by atoms with Gasteiger partial charge in [0.2, 0.25) is 0 Å². The van der Waals surface area contributed by atoms with Crippen LogP contribution in [0.5, 0.6) is 0 Å². The molecule has 0 fully saturated rings. The molecule has 0 amide bonds. The van der Waals surface area contributed by atoms with Crippen LogP contribution in [0, 0.1) is 0 Å². The number of ether oxygens (including phenoxy) is 2. The topological polar surface area (TPSA) is 134 Å². The summed E-state index contributed by atoms with van der Waals surface area (Å²) >= 11 is 0. The van der Waals surface area contributed by atoms with Crippen molar-refractivity contribution >= 4 is 19.8 Å². The van der Waals surface area contributed by atoms with Gasteiger partial charge in [-0.3, -0.25) is 18.6 Å². The van der Waals surface area contributed by atoms with Crippen LogP contribution in [-0.2, 0) is 32.7 Å². The molecule has 10 heteroatoms. The van der Waals surface area contributed by atoms with Crippen LogP contribution in [0.3, 0.4) is 0 Å². The molecule has 0 spiro atoms. The fourth-order valence-electron chi connectivity index (χ4n) is 6.22. The van der Waals surface area contributed by atoms with E-state index in [2.05, 4.69) is 62.5 Å². The normalized spacial score (nSPS) is 13.7. The molecule has 0 radical (unpaired) electrons. The Morgan fingerprint density at radius 2 is 0.912 bits per heavy atom. The van der Waals surface area contributed by atoms with E-state index >= 15 is 0 Å². The van der Waals surface area contributed by atoms with Gasteiger partial charge < -0.3 is 20.1 Å². The molecule has 0 aliphatic rings. The minimum absolute atomic E-state index is 0.0486. The molecule has 2 atom stereocenters. The van der Waals surface area contributed by atoms with E-state index in [1.54, 1.807) is 0 Å². The fourth-order valence-corrected chi connectivity index (χ4v) is 6.99. The summed E-state index contributed by atoms with van der Waals surface area (Å²) in [5.41, 5.74) is 5.35. The first-order valence-electron chi connectivity index (χ1n) is 23.1. The average Bonchev–Trinajstić information content (AvgIpc) is 3.20. The minimum Gasteiger partial charge on any atom is -0.462 e. The summed E-state index contributed by atoms with van der Waals surface area (Å²) in [5, 5.41) is 0. The highest BCUT2D eigenvalue weighted by molar-refractivity contribution is 7.47. The third-order valence-corrected chi connectivity index (χ3v) is 10.7. The van der Waals surface area contributed by atoms with Crippen molar-refractivity contribution in [2.45, 2.75) is 213 Å². The van der Waals surface area contributed by atoms with Crippen LogP contribution < -0.4 is 5.73 Å². The number of nitrogens with two attached hydrogens (primary N) is 1. The lowest BCUT2D eigenvalue weighted by Crippen LogP contribution is -2.29. The van der Waals surface area contributed by atoms with Gasteiger partial charge in [-0.1, -0.05) is 165 Å². The molecule has 0 rings (SSSR count). The number of hydrogen-bond donors (Lipinski definition) is 2. The molecular formula is C47H86NO8P. The van der Waals surface area contributed by atoms with E-state index in [9.17, 15) is 19.0 Å². The second kappa shape index (κ2) is 43.5. The summed E-state index contributed by atoms with van der Waals surface area (Å²) in [5.74, 6) is -0.852. The van der Waals surface area contributed by atoms with Crippen molar-refractivity contribution in [3.63, 3.8) is 0 Å². The highest BCUT2D eigenvalue weighted by Gasteiger charge is 2.26. The van der Waals surface area contributed by atoms with Gasteiger partial charge in [-0.15, -0.1) is 0 Å². The molecule has 0 aliphatic heterocycles. The number of carbonyl (C=O) groups excluding carboxylic acids is 2. The van der Waals surface area contributed by atoms with Crippen molar-refractivity contribution in [2.75, 3.05) is 26.4 Å². The first-order chi connectivity index (χ1) is 27.8. The number of allylic oxidation sites excluding steroid dienone is 8. The summed E-state index contributed by atoms with van der Waals surface area (Å²) < 4.78 is 32.8. The van der Waals surface area contributed by atoms with Gasteiger partial charge in [0.1, 0.15) is 6.61 Å². The Kier molecular flexibility index (Phi) is 42.0. The van der Waals surface area contributed by atoms with E-state index in [1.165, 1.54) is 83.5 Å². The second-order valence-corrected chi connectivity index (χ2v) is 16.7. The zero-order valence-electron chi connectivity index (χ0n) is 36.6. The first-order valence-corrected chi connectivity index (χ1v) is 24.6. The van der Waals surface area contributed by atoms with Crippen LogP contribution in [0.25, 0.3) is 0 Å². The molecule has 0 aromatic heterocycles. The van der Waals surface area contributed by atoms with Gasteiger partial charge >= 0.3 is 19.8 Å². The van der Waals surface area contributed by atoms with Crippen molar-refractivity contribution in [1.29, 1.82) is 0 Å². The standard InChI is InChI=1S/C47H86NO8P/c1-3-5-7-9-11-13-15-17-19-20-21-22-23-24-26-28-30-32-34-36-38-40-47(50)56-45(44-55-57(51,52)54-42-41-48)43-53-46(49)39-37-35-33-31-29-27-25-18-16-14-12-10-8-6-4-2/h15,17-18,20-21,23-25,45H,3-14,16,19,22,26-44,48H2,1-2H3,(H,51,52)/b17-15-,21-20-,24-23-,25-18-. The lowest BCUT2D eigenvalue weighted by Gasteiger charge is -2.19. The zero-order valence-corrected chi connectivity index (χ0v) is 37.5. The summed E-state index contributed by atoms with van der Waals surface area (Å²) in [4.78, 5) is 34.9. The van der Waals surface area contributed by atoms with Crippen LogP contribution in [0.15, 0.2) is 48.6 Å². The van der Waals surface area contributed by atoms with Crippen molar-refractivity contribution in [1.82, 2.24) is 0 Å². The van der Waals surface area contributed by atoms with Crippen LogP contribution in [0.4, 0.5) is 0 Å². The van der Waals surface area contributed by atoms with E-state index in [1.807, 2.05) is 0 Å². The Morgan fingerprint density at radius 3 is 1.37 bits per heavy atom. The van der Waals surface area contributed by atoms with Crippen molar-refractivity contribution < 1.29 is 37.6 Å². The predicted octanol–water partition coefficient (Wildman–Crippen LogP) is 13.5. The maximum absolute atomic E-state index is 12.6. The third kappa shape index (κ3) is 43.4. The molecule has 0 saturated carbocycles. The molecule has 0 bridgehead atoms. The van der Waals surface area contributed by atoms with Gasteiger partial charge in [0.15, 0.2) is 6.10 Å². The molecule has 332 valence electrons. The maximum Gasteiger partial charge on any atom is 0.472 e. The molecule has 57 heavy (non-hydrogen) atoms. The van der Waals surface area contributed by atoms with E-state index in [-0.39, 0.29) is 32.6 Å². The quantitative estimate of drug-likeness (QED) is 0.0267. The smallest absolute Gasteiger partial charge is 0.462 e. The summed E-state index contributed by atoms with van der Waals surface area (Å²) in [6.07, 6.45) is 49.9. The van der Waals surface area contributed by atoms with Crippen LogP contribution in [0.1, 0.15) is 206 Å². The highest BCUT2D eigenvalue weighted by Crippen LogP contribution is 2.43. The van der Waals surface area contributed by atoms with Gasteiger partial charge in [-0.05, 0) is 77.0 Å². The Balaban J connectivity index is 4.16. The van der Waals surface area contributed by atoms with Crippen molar-refractivity contribution in [3.8, 4) is 0 Å². The number of hydrogen-bond acceptors (Lipinski definition) is 8. The van der Waals surface area contributed by atoms with Gasteiger partial charge in [0.25, 0.3) is 0 Å². The Morgan fingerprint density at radius 1 is 0.526 bits per heavy atom. The number of rotatable bonds is 43. The van der Waals surface area contributed by atoms with Gasteiger partial charge in [-0.2, -0.15) is 0 Å². The summed E-state index contributed by atoms with van der Waals surface area (Å²) in [7, 11) is -4.38. The fraction of sp³-hybridized carbons (Fsp3) is 0.787. The number of esters is 2. The molecule has 2 unspecified atom stereocenters. The maximum atomic E-state index is 12.6. The van der Waals surface area contributed by atoms with E-state index in [4.69, 9.17) is 24.3 Å².